The monoisotopic (exact) mass is 388 g/mol. The van der Waals surface area contributed by atoms with E-state index in [0.29, 0.717) is 18.2 Å². The molecule has 1 N–H and O–H groups in total. The highest BCUT2D eigenvalue weighted by Gasteiger charge is 2.16. The molecule has 2 aromatic heterocycles. The molecule has 0 bridgehead atoms. The standard InChI is InChI=1S/C18H17FN4O3S/c1-25-15-6-3-5-13(19)16(15)27-22-17(24)14-8-7-12(18(21-14)26-2)11-23-10-4-9-20-23/h3-10H,11H2,1-2H3,(H,22,24). The Morgan fingerprint density at radius 1 is 1.22 bits per heavy atom. The highest BCUT2D eigenvalue weighted by molar-refractivity contribution is 7.98. The van der Waals surface area contributed by atoms with Crippen molar-refractivity contribution < 1.29 is 18.7 Å². The molecule has 0 atom stereocenters. The van der Waals surface area contributed by atoms with Crippen molar-refractivity contribution in [2.24, 2.45) is 0 Å². The van der Waals surface area contributed by atoms with Gasteiger partial charge >= 0.3 is 0 Å². The molecule has 9 heteroatoms. The number of benzene rings is 1. The van der Waals surface area contributed by atoms with Crippen molar-refractivity contribution in [3.8, 4) is 11.6 Å². The van der Waals surface area contributed by atoms with E-state index in [-0.39, 0.29) is 10.6 Å². The minimum absolute atomic E-state index is 0.152. The van der Waals surface area contributed by atoms with Gasteiger partial charge in [0.1, 0.15) is 22.2 Å². The van der Waals surface area contributed by atoms with Gasteiger partial charge in [-0.3, -0.25) is 14.2 Å². The number of hydrogen-bond donors (Lipinski definition) is 1. The summed E-state index contributed by atoms with van der Waals surface area (Å²) in [5.74, 6) is -0.305. The first-order valence-corrected chi connectivity index (χ1v) is 8.75. The summed E-state index contributed by atoms with van der Waals surface area (Å²) in [7, 11) is 2.92. The molecule has 0 spiro atoms. The quantitative estimate of drug-likeness (QED) is 0.627. The van der Waals surface area contributed by atoms with Gasteiger partial charge in [-0.1, -0.05) is 6.07 Å². The highest BCUT2D eigenvalue weighted by atomic mass is 32.2. The van der Waals surface area contributed by atoms with Crippen LogP contribution in [-0.4, -0.2) is 34.9 Å². The number of pyridine rings is 1. The van der Waals surface area contributed by atoms with Crippen LogP contribution in [0.4, 0.5) is 4.39 Å². The zero-order chi connectivity index (χ0) is 19.2. The molecule has 3 aromatic rings. The Balaban J connectivity index is 1.73. The number of halogens is 1. The molecule has 0 saturated heterocycles. The third-order valence-electron chi connectivity index (χ3n) is 3.65. The van der Waals surface area contributed by atoms with Crippen LogP contribution in [0.1, 0.15) is 16.1 Å². The summed E-state index contributed by atoms with van der Waals surface area (Å²) in [5, 5.41) is 4.14. The van der Waals surface area contributed by atoms with Gasteiger partial charge in [-0.25, -0.2) is 9.37 Å². The molecule has 27 heavy (non-hydrogen) atoms. The topological polar surface area (TPSA) is 78.3 Å². The third-order valence-corrected chi connectivity index (χ3v) is 4.54. The number of amides is 1. The molecule has 0 fully saturated rings. The zero-order valence-electron chi connectivity index (χ0n) is 14.7. The molecule has 0 radical (unpaired) electrons. The summed E-state index contributed by atoms with van der Waals surface area (Å²) in [6.45, 7) is 0.465. The predicted octanol–water partition coefficient (Wildman–Crippen LogP) is 2.92. The van der Waals surface area contributed by atoms with Crippen LogP contribution in [0.15, 0.2) is 53.7 Å². The van der Waals surface area contributed by atoms with Gasteiger partial charge < -0.3 is 9.47 Å². The summed E-state index contributed by atoms with van der Waals surface area (Å²) in [5.41, 5.74) is 0.931. The fraction of sp³-hybridized carbons (Fsp3) is 0.167. The van der Waals surface area contributed by atoms with E-state index >= 15 is 0 Å². The number of methoxy groups -OCH3 is 2. The van der Waals surface area contributed by atoms with Crippen molar-refractivity contribution in [2.75, 3.05) is 14.2 Å². The number of carbonyl (C=O) groups excluding carboxylic acids is 1. The van der Waals surface area contributed by atoms with Crippen LogP contribution in [0.3, 0.4) is 0 Å². The van der Waals surface area contributed by atoms with Gasteiger partial charge in [0.25, 0.3) is 5.91 Å². The SMILES string of the molecule is COc1cccc(F)c1SNC(=O)c1ccc(Cn2cccn2)c(OC)n1. The van der Waals surface area contributed by atoms with Gasteiger partial charge in [0.05, 0.1) is 20.8 Å². The summed E-state index contributed by atoms with van der Waals surface area (Å²) in [6.07, 6.45) is 3.49. The van der Waals surface area contributed by atoms with Gasteiger partial charge in [-0.15, -0.1) is 0 Å². The first-order valence-electron chi connectivity index (χ1n) is 7.93. The van der Waals surface area contributed by atoms with Crippen LogP contribution in [0, 0.1) is 5.82 Å². The maximum atomic E-state index is 13.9. The first-order chi connectivity index (χ1) is 13.1. The maximum absolute atomic E-state index is 13.9. The van der Waals surface area contributed by atoms with Crippen LogP contribution < -0.4 is 14.2 Å². The normalized spacial score (nSPS) is 10.5. The molecule has 0 unspecified atom stereocenters. The fourth-order valence-electron chi connectivity index (χ4n) is 2.36. The molecule has 1 aromatic carbocycles. The third kappa shape index (κ3) is 4.37. The predicted molar refractivity (Wildman–Crippen MR) is 98.4 cm³/mol. The van der Waals surface area contributed by atoms with E-state index in [1.165, 1.54) is 26.4 Å². The maximum Gasteiger partial charge on any atom is 0.280 e. The number of nitrogens with one attached hydrogen (secondary N) is 1. The first kappa shape index (κ1) is 18.7. The largest absolute Gasteiger partial charge is 0.495 e. The van der Waals surface area contributed by atoms with Crippen molar-refractivity contribution in [3.63, 3.8) is 0 Å². The average molecular weight is 388 g/mol. The Morgan fingerprint density at radius 3 is 2.78 bits per heavy atom. The summed E-state index contributed by atoms with van der Waals surface area (Å²) in [4.78, 5) is 16.8. The smallest absolute Gasteiger partial charge is 0.280 e. The molecular weight excluding hydrogens is 371 g/mol. The molecule has 1 amide bonds. The van der Waals surface area contributed by atoms with Gasteiger partial charge in [-0.2, -0.15) is 5.10 Å². The molecular formula is C18H17FN4O3S. The molecule has 140 valence electrons. The molecule has 7 nitrogen and oxygen atoms in total. The lowest BCUT2D eigenvalue weighted by atomic mass is 10.2. The number of nitrogens with zero attached hydrogens (tertiary/aromatic N) is 3. The van der Waals surface area contributed by atoms with Gasteiger partial charge in [0.2, 0.25) is 5.88 Å². The fourth-order valence-corrected chi connectivity index (χ4v) is 3.08. The number of hydrogen-bond acceptors (Lipinski definition) is 6. The van der Waals surface area contributed by atoms with Gasteiger partial charge in [-0.05, 0) is 42.3 Å². The average Bonchev–Trinajstić information content (AvgIpc) is 3.20. The van der Waals surface area contributed by atoms with E-state index in [4.69, 9.17) is 9.47 Å². The number of aromatic nitrogens is 3. The van der Waals surface area contributed by atoms with E-state index in [1.54, 1.807) is 29.1 Å². The summed E-state index contributed by atoms with van der Waals surface area (Å²) >= 11 is 0.828. The van der Waals surface area contributed by atoms with Crippen LogP contribution in [0.25, 0.3) is 0 Å². The van der Waals surface area contributed by atoms with Crippen LogP contribution in [0.2, 0.25) is 0 Å². The number of ether oxygens (including phenoxy) is 2. The molecule has 3 rings (SSSR count). The lowest BCUT2D eigenvalue weighted by Gasteiger charge is -2.11. The van der Waals surface area contributed by atoms with Gasteiger partial charge in [0, 0.05) is 18.0 Å². The minimum Gasteiger partial charge on any atom is -0.495 e. The Morgan fingerprint density at radius 2 is 2.07 bits per heavy atom. The molecule has 0 saturated carbocycles. The van der Waals surface area contributed by atoms with E-state index in [1.807, 2.05) is 12.3 Å². The molecule has 0 aliphatic carbocycles. The summed E-state index contributed by atoms with van der Waals surface area (Å²) in [6, 6.07) is 9.58. The number of carbonyl (C=O) groups is 1. The minimum atomic E-state index is -0.486. The lowest BCUT2D eigenvalue weighted by molar-refractivity contribution is 0.0978. The second kappa shape index (κ2) is 8.54. The Labute approximate surface area is 159 Å². The molecule has 0 aliphatic heterocycles. The number of rotatable bonds is 7. The van der Waals surface area contributed by atoms with E-state index in [2.05, 4.69) is 14.8 Å². The second-order valence-electron chi connectivity index (χ2n) is 5.37. The van der Waals surface area contributed by atoms with Crippen molar-refractivity contribution in [3.05, 3.63) is 65.9 Å². The van der Waals surface area contributed by atoms with Gasteiger partial charge in [0.15, 0.2) is 0 Å². The molecule has 0 aliphatic rings. The van der Waals surface area contributed by atoms with Crippen LogP contribution in [0.5, 0.6) is 11.6 Å². The Bertz CT molecular complexity index is 934. The van der Waals surface area contributed by atoms with Crippen molar-refractivity contribution in [1.82, 2.24) is 19.5 Å². The van der Waals surface area contributed by atoms with Crippen molar-refractivity contribution >= 4 is 17.9 Å². The van der Waals surface area contributed by atoms with Crippen molar-refractivity contribution in [1.29, 1.82) is 0 Å². The zero-order valence-corrected chi connectivity index (χ0v) is 15.5. The van der Waals surface area contributed by atoms with Crippen LogP contribution in [-0.2, 0) is 6.54 Å². The lowest BCUT2D eigenvalue weighted by Crippen LogP contribution is -2.18. The Kier molecular flexibility index (Phi) is 5.92. The van der Waals surface area contributed by atoms with E-state index < -0.39 is 11.7 Å². The highest BCUT2D eigenvalue weighted by Crippen LogP contribution is 2.30. The molecule has 2 heterocycles. The van der Waals surface area contributed by atoms with E-state index in [0.717, 1.165) is 17.5 Å². The summed E-state index contributed by atoms with van der Waals surface area (Å²) < 4.78 is 28.6. The van der Waals surface area contributed by atoms with E-state index in [9.17, 15) is 9.18 Å². The Hall–Kier alpha value is -3.07. The van der Waals surface area contributed by atoms with Crippen LogP contribution >= 0.6 is 11.9 Å². The van der Waals surface area contributed by atoms with Crippen molar-refractivity contribution in [2.45, 2.75) is 11.4 Å². The second-order valence-corrected chi connectivity index (χ2v) is 6.19.